The van der Waals surface area contributed by atoms with Crippen molar-refractivity contribution in [1.82, 2.24) is 9.88 Å². The largest absolute Gasteiger partial charge is 0.324 e. The van der Waals surface area contributed by atoms with Gasteiger partial charge in [-0.25, -0.2) is 4.98 Å². The van der Waals surface area contributed by atoms with Crippen LogP contribution in [0.5, 0.6) is 0 Å². The molecular formula is C14H15BrClN3OS. The van der Waals surface area contributed by atoms with Crippen molar-refractivity contribution in [1.29, 1.82) is 0 Å². The molecule has 1 amide bonds. The van der Waals surface area contributed by atoms with E-state index in [4.69, 9.17) is 11.6 Å². The fourth-order valence-corrected chi connectivity index (χ4v) is 3.16. The van der Waals surface area contributed by atoms with Crippen molar-refractivity contribution in [3.63, 3.8) is 0 Å². The zero-order chi connectivity index (χ0) is 15.4. The summed E-state index contributed by atoms with van der Waals surface area (Å²) in [5.41, 5.74) is 1.59. The van der Waals surface area contributed by atoms with Crippen LogP contribution in [0.3, 0.4) is 0 Å². The molecule has 0 unspecified atom stereocenters. The average Bonchev–Trinajstić information content (AvgIpc) is 2.78. The van der Waals surface area contributed by atoms with Gasteiger partial charge in [-0.05, 0) is 32.2 Å². The number of nitrogens with zero attached hydrogens (tertiary/aromatic N) is 2. The Morgan fingerprint density at radius 2 is 2.29 bits per heavy atom. The van der Waals surface area contributed by atoms with Crippen LogP contribution in [-0.4, -0.2) is 29.4 Å². The smallest absolute Gasteiger partial charge is 0.238 e. The molecule has 0 fully saturated rings. The first kappa shape index (κ1) is 16.4. The van der Waals surface area contributed by atoms with Gasteiger partial charge in [0, 0.05) is 16.4 Å². The van der Waals surface area contributed by atoms with Crippen LogP contribution in [0.4, 0.5) is 5.69 Å². The molecule has 1 heterocycles. The van der Waals surface area contributed by atoms with Gasteiger partial charge in [0.1, 0.15) is 0 Å². The highest BCUT2D eigenvalue weighted by molar-refractivity contribution is 9.10. The second-order valence-electron chi connectivity index (χ2n) is 4.70. The first-order chi connectivity index (χ1) is 9.94. The fraction of sp³-hybridized carbons (Fsp3) is 0.286. The molecule has 0 saturated heterocycles. The molecule has 0 aliphatic rings. The maximum absolute atomic E-state index is 12.0. The predicted octanol–water partition coefficient (Wildman–Crippen LogP) is 3.94. The Balaban J connectivity index is 1.89. The van der Waals surface area contributed by atoms with E-state index < -0.39 is 0 Å². The lowest BCUT2D eigenvalue weighted by Crippen LogP contribution is -2.30. The van der Waals surface area contributed by atoms with Gasteiger partial charge < -0.3 is 5.32 Å². The molecule has 7 heteroatoms. The number of hydrogen-bond donors (Lipinski definition) is 1. The van der Waals surface area contributed by atoms with Gasteiger partial charge in [-0.1, -0.05) is 27.5 Å². The summed E-state index contributed by atoms with van der Waals surface area (Å²) in [5.74, 6) is -0.103. The summed E-state index contributed by atoms with van der Waals surface area (Å²) < 4.78 is 0.876. The van der Waals surface area contributed by atoms with E-state index in [-0.39, 0.29) is 12.5 Å². The van der Waals surface area contributed by atoms with E-state index in [1.807, 2.05) is 30.3 Å². The number of thiazole rings is 1. The third kappa shape index (κ3) is 5.07. The van der Waals surface area contributed by atoms with E-state index in [2.05, 4.69) is 26.2 Å². The fourth-order valence-electron chi connectivity index (χ4n) is 1.84. The van der Waals surface area contributed by atoms with Gasteiger partial charge in [0.05, 0.1) is 28.0 Å². The van der Waals surface area contributed by atoms with Crippen LogP contribution < -0.4 is 5.32 Å². The van der Waals surface area contributed by atoms with Crippen LogP contribution in [0.25, 0.3) is 0 Å². The van der Waals surface area contributed by atoms with E-state index in [9.17, 15) is 4.79 Å². The Morgan fingerprint density at radius 3 is 2.90 bits per heavy atom. The molecule has 0 aliphatic heterocycles. The van der Waals surface area contributed by atoms with Crippen molar-refractivity contribution in [3.05, 3.63) is 43.8 Å². The Bertz CT molecular complexity index is 647. The second kappa shape index (κ2) is 7.35. The molecule has 0 saturated carbocycles. The number of aromatic nitrogens is 1. The van der Waals surface area contributed by atoms with Crippen LogP contribution in [0, 0.1) is 6.92 Å². The van der Waals surface area contributed by atoms with E-state index in [0.717, 1.165) is 15.2 Å². The zero-order valence-corrected chi connectivity index (χ0v) is 14.8. The molecule has 112 valence electrons. The van der Waals surface area contributed by atoms with Crippen molar-refractivity contribution in [2.45, 2.75) is 13.5 Å². The van der Waals surface area contributed by atoms with Gasteiger partial charge >= 0.3 is 0 Å². The minimum atomic E-state index is -0.103. The lowest BCUT2D eigenvalue weighted by molar-refractivity contribution is -0.117. The molecule has 0 radical (unpaired) electrons. The summed E-state index contributed by atoms with van der Waals surface area (Å²) in [6.07, 6.45) is 0. The molecule has 1 N–H and O–H groups in total. The SMILES string of the molecule is Cc1nc(CN(C)CC(=O)Nc2ccc(Br)cc2Cl)cs1. The number of likely N-dealkylation sites (N-methyl/N-ethyl adjacent to an activating group) is 1. The van der Waals surface area contributed by atoms with Gasteiger partial charge in [0.2, 0.25) is 5.91 Å². The second-order valence-corrected chi connectivity index (χ2v) is 7.09. The van der Waals surface area contributed by atoms with Crippen molar-refractivity contribution < 1.29 is 4.79 Å². The van der Waals surface area contributed by atoms with Gasteiger partial charge in [0.25, 0.3) is 0 Å². The molecule has 0 spiro atoms. The molecular weight excluding hydrogens is 374 g/mol. The van der Waals surface area contributed by atoms with Crippen LogP contribution in [0.15, 0.2) is 28.1 Å². The third-order valence-electron chi connectivity index (χ3n) is 2.72. The number of hydrogen-bond acceptors (Lipinski definition) is 4. The molecule has 21 heavy (non-hydrogen) atoms. The maximum Gasteiger partial charge on any atom is 0.238 e. The van der Waals surface area contributed by atoms with Crippen molar-refractivity contribution in [2.24, 2.45) is 0 Å². The van der Waals surface area contributed by atoms with Gasteiger partial charge in [-0.2, -0.15) is 0 Å². The first-order valence-corrected chi connectivity index (χ1v) is 8.33. The number of nitrogens with one attached hydrogen (secondary N) is 1. The van der Waals surface area contributed by atoms with Crippen LogP contribution >= 0.6 is 38.9 Å². The summed E-state index contributed by atoms with van der Waals surface area (Å²) in [7, 11) is 1.89. The van der Waals surface area contributed by atoms with Crippen LogP contribution in [-0.2, 0) is 11.3 Å². The molecule has 0 atom stereocenters. The Labute approximate surface area is 141 Å². The first-order valence-electron chi connectivity index (χ1n) is 6.28. The number of halogens is 2. The van der Waals surface area contributed by atoms with E-state index >= 15 is 0 Å². The normalized spacial score (nSPS) is 10.9. The number of carbonyl (C=O) groups is 1. The van der Waals surface area contributed by atoms with Gasteiger partial charge in [0.15, 0.2) is 0 Å². The monoisotopic (exact) mass is 387 g/mol. The molecule has 0 aliphatic carbocycles. The van der Waals surface area contributed by atoms with Gasteiger partial charge in [-0.3, -0.25) is 9.69 Å². The zero-order valence-electron chi connectivity index (χ0n) is 11.7. The highest BCUT2D eigenvalue weighted by atomic mass is 79.9. The number of aryl methyl sites for hydroxylation is 1. The number of carbonyl (C=O) groups excluding carboxylic acids is 1. The van der Waals surface area contributed by atoms with E-state index in [0.29, 0.717) is 17.3 Å². The lowest BCUT2D eigenvalue weighted by atomic mass is 10.3. The molecule has 1 aromatic heterocycles. The summed E-state index contributed by atoms with van der Waals surface area (Å²) in [5, 5.41) is 6.36. The topological polar surface area (TPSA) is 45.2 Å². The number of rotatable bonds is 5. The van der Waals surface area contributed by atoms with Crippen LogP contribution in [0.2, 0.25) is 5.02 Å². The van der Waals surface area contributed by atoms with Gasteiger partial charge in [-0.15, -0.1) is 11.3 Å². The molecule has 4 nitrogen and oxygen atoms in total. The maximum atomic E-state index is 12.0. The summed E-state index contributed by atoms with van der Waals surface area (Å²) in [4.78, 5) is 18.3. The number of benzene rings is 1. The number of amides is 1. The Morgan fingerprint density at radius 1 is 1.52 bits per heavy atom. The van der Waals surface area contributed by atoms with E-state index in [1.54, 1.807) is 23.5 Å². The molecule has 1 aromatic carbocycles. The molecule has 0 bridgehead atoms. The highest BCUT2D eigenvalue weighted by Crippen LogP contribution is 2.25. The average molecular weight is 389 g/mol. The Hall–Kier alpha value is -0.950. The quantitative estimate of drug-likeness (QED) is 0.844. The molecule has 2 aromatic rings. The standard InChI is InChI=1S/C14H15BrClN3OS/c1-9-17-11(8-21-9)6-19(2)7-14(20)18-13-4-3-10(15)5-12(13)16/h3-5,8H,6-7H2,1-2H3,(H,18,20). The van der Waals surface area contributed by atoms with Crippen molar-refractivity contribution in [3.8, 4) is 0 Å². The van der Waals surface area contributed by atoms with E-state index in [1.165, 1.54) is 0 Å². The Kier molecular flexibility index (Phi) is 5.75. The number of anilines is 1. The minimum absolute atomic E-state index is 0.103. The predicted molar refractivity (Wildman–Crippen MR) is 91.0 cm³/mol. The van der Waals surface area contributed by atoms with Crippen molar-refractivity contribution >= 4 is 50.5 Å². The summed E-state index contributed by atoms with van der Waals surface area (Å²) in [6.45, 7) is 2.89. The van der Waals surface area contributed by atoms with Crippen molar-refractivity contribution in [2.75, 3.05) is 18.9 Å². The minimum Gasteiger partial charge on any atom is -0.324 e. The molecule has 2 rings (SSSR count). The summed E-state index contributed by atoms with van der Waals surface area (Å²) >= 11 is 11.0. The third-order valence-corrected chi connectivity index (χ3v) is 4.35. The lowest BCUT2D eigenvalue weighted by Gasteiger charge is -2.15. The highest BCUT2D eigenvalue weighted by Gasteiger charge is 2.10. The van der Waals surface area contributed by atoms with Crippen LogP contribution in [0.1, 0.15) is 10.7 Å². The summed E-state index contributed by atoms with van der Waals surface area (Å²) in [6, 6.07) is 5.36.